The molecule has 122 valence electrons. The molecule has 0 aliphatic carbocycles. The highest BCUT2D eigenvalue weighted by atomic mass is 32.2. The quantitative estimate of drug-likeness (QED) is 0.660. The van der Waals surface area contributed by atoms with Gasteiger partial charge in [-0.1, -0.05) is 54.2 Å². The molecule has 0 bridgehead atoms. The number of benzene rings is 2. The summed E-state index contributed by atoms with van der Waals surface area (Å²) in [5.41, 5.74) is 2.98. The van der Waals surface area contributed by atoms with Crippen LogP contribution in [0.15, 0.2) is 58.2 Å². The highest BCUT2D eigenvalue weighted by Crippen LogP contribution is 2.33. The van der Waals surface area contributed by atoms with Crippen molar-refractivity contribution in [2.45, 2.75) is 16.9 Å². The van der Waals surface area contributed by atoms with E-state index in [9.17, 15) is 9.59 Å². The summed E-state index contributed by atoms with van der Waals surface area (Å²) < 4.78 is 5.59. The summed E-state index contributed by atoms with van der Waals surface area (Å²) in [6.07, 6.45) is -0.510. The molecular formula is C17H13NO5S. The van der Waals surface area contributed by atoms with Crippen molar-refractivity contribution in [3.05, 3.63) is 48.5 Å². The maximum atomic E-state index is 11.2. The standard InChI is InChI=1S/C17H13NO5S/c19-14(20)9-13(16(21)22)24-17-18-15-11(7-4-8-12(15)23-17)10-5-2-1-3-6-10/h1-8,13H,9H2,(H,19,20)(H,21,22). The second-order valence-corrected chi connectivity index (χ2v) is 6.19. The zero-order valence-electron chi connectivity index (χ0n) is 12.4. The smallest absolute Gasteiger partial charge is 0.317 e. The van der Waals surface area contributed by atoms with Crippen LogP contribution in [0.5, 0.6) is 0 Å². The molecule has 0 saturated carbocycles. The number of hydrogen-bond donors (Lipinski definition) is 2. The fraction of sp³-hybridized carbons (Fsp3) is 0.118. The normalized spacial score (nSPS) is 12.2. The molecule has 0 fully saturated rings. The average Bonchev–Trinajstić information content (AvgIpc) is 2.97. The van der Waals surface area contributed by atoms with Crippen LogP contribution in [0.1, 0.15) is 6.42 Å². The predicted octanol–water partition coefficient (Wildman–Crippen LogP) is 3.51. The molecule has 0 aliphatic rings. The van der Waals surface area contributed by atoms with Gasteiger partial charge in [-0.05, 0) is 11.6 Å². The highest BCUT2D eigenvalue weighted by Gasteiger charge is 2.25. The lowest BCUT2D eigenvalue weighted by Gasteiger charge is -2.05. The molecule has 0 amide bonds. The van der Waals surface area contributed by atoms with Gasteiger partial charge in [0.05, 0.1) is 6.42 Å². The second-order valence-electron chi connectivity index (χ2n) is 5.04. The van der Waals surface area contributed by atoms with Gasteiger partial charge >= 0.3 is 11.9 Å². The molecule has 1 unspecified atom stereocenters. The molecule has 1 aromatic heterocycles. The van der Waals surface area contributed by atoms with Crippen LogP contribution in [0.2, 0.25) is 0 Å². The first-order chi connectivity index (χ1) is 11.5. The summed E-state index contributed by atoms with van der Waals surface area (Å²) in [6, 6.07) is 15.1. The average molecular weight is 343 g/mol. The fourth-order valence-corrected chi connectivity index (χ4v) is 3.14. The van der Waals surface area contributed by atoms with E-state index in [1.807, 2.05) is 42.5 Å². The topological polar surface area (TPSA) is 101 Å². The van der Waals surface area contributed by atoms with E-state index in [0.717, 1.165) is 22.9 Å². The van der Waals surface area contributed by atoms with Crippen LogP contribution >= 0.6 is 11.8 Å². The molecule has 2 aromatic carbocycles. The summed E-state index contributed by atoms with van der Waals surface area (Å²) in [6.45, 7) is 0. The van der Waals surface area contributed by atoms with Crippen molar-refractivity contribution in [1.82, 2.24) is 4.98 Å². The first kappa shape index (κ1) is 16.1. The Bertz CT molecular complexity index is 890. The zero-order chi connectivity index (χ0) is 17.1. The summed E-state index contributed by atoms with van der Waals surface area (Å²) >= 11 is 0.797. The Balaban J connectivity index is 1.97. The monoisotopic (exact) mass is 343 g/mol. The third-order valence-electron chi connectivity index (χ3n) is 3.36. The summed E-state index contributed by atoms with van der Waals surface area (Å²) in [5, 5.41) is 16.9. The molecular weight excluding hydrogens is 330 g/mol. The van der Waals surface area contributed by atoms with E-state index < -0.39 is 23.6 Å². The molecule has 0 radical (unpaired) electrons. The molecule has 2 N–H and O–H groups in total. The molecule has 24 heavy (non-hydrogen) atoms. The van der Waals surface area contributed by atoms with Gasteiger partial charge in [-0.25, -0.2) is 4.98 Å². The van der Waals surface area contributed by atoms with Crippen molar-refractivity contribution in [1.29, 1.82) is 0 Å². The SMILES string of the molecule is O=C(O)CC(Sc1nc2c(-c3ccccc3)cccc2o1)C(=O)O. The Kier molecular flexibility index (Phi) is 4.52. The van der Waals surface area contributed by atoms with Gasteiger partial charge in [-0.3, -0.25) is 9.59 Å². The van der Waals surface area contributed by atoms with Gasteiger partial charge in [-0.15, -0.1) is 0 Å². The van der Waals surface area contributed by atoms with Gasteiger partial charge in [0, 0.05) is 5.56 Å². The van der Waals surface area contributed by atoms with Gasteiger partial charge < -0.3 is 14.6 Å². The van der Waals surface area contributed by atoms with Crippen molar-refractivity contribution in [2.75, 3.05) is 0 Å². The van der Waals surface area contributed by atoms with E-state index in [1.54, 1.807) is 6.07 Å². The van der Waals surface area contributed by atoms with E-state index >= 15 is 0 Å². The number of carboxylic acids is 2. The van der Waals surface area contributed by atoms with Gasteiger partial charge in [0.1, 0.15) is 10.8 Å². The van der Waals surface area contributed by atoms with Crippen LogP contribution in [-0.4, -0.2) is 32.4 Å². The molecule has 0 spiro atoms. The predicted molar refractivity (Wildman–Crippen MR) is 89.0 cm³/mol. The fourth-order valence-electron chi connectivity index (χ4n) is 2.29. The number of nitrogens with zero attached hydrogens (tertiary/aromatic N) is 1. The summed E-state index contributed by atoms with van der Waals surface area (Å²) in [7, 11) is 0. The van der Waals surface area contributed by atoms with E-state index in [4.69, 9.17) is 14.6 Å². The summed E-state index contributed by atoms with van der Waals surface area (Å²) in [5.74, 6) is -2.40. The maximum absolute atomic E-state index is 11.2. The Morgan fingerprint density at radius 2 is 1.83 bits per heavy atom. The van der Waals surface area contributed by atoms with Crippen LogP contribution < -0.4 is 0 Å². The number of oxazole rings is 1. The van der Waals surface area contributed by atoms with Crippen molar-refractivity contribution in [3.8, 4) is 11.1 Å². The van der Waals surface area contributed by atoms with Crippen molar-refractivity contribution >= 4 is 34.8 Å². The van der Waals surface area contributed by atoms with E-state index in [-0.39, 0.29) is 5.22 Å². The van der Waals surface area contributed by atoms with Crippen LogP contribution in [0, 0.1) is 0 Å². The molecule has 1 atom stereocenters. The zero-order valence-corrected chi connectivity index (χ0v) is 13.2. The lowest BCUT2D eigenvalue weighted by molar-refractivity contribution is -0.142. The number of carbonyl (C=O) groups is 2. The largest absolute Gasteiger partial charge is 0.481 e. The molecule has 0 aliphatic heterocycles. The van der Waals surface area contributed by atoms with Crippen molar-refractivity contribution in [3.63, 3.8) is 0 Å². The van der Waals surface area contributed by atoms with E-state index in [2.05, 4.69) is 4.98 Å². The number of aromatic nitrogens is 1. The number of thioether (sulfide) groups is 1. The minimum Gasteiger partial charge on any atom is -0.481 e. The molecule has 7 heteroatoms. The van der Waals surface area contributed by atoms with Crippen LogP contribution in [0.4, 0.5) is 0 Å². The Labute approximate surface area is 141 Å². The molecule has 0 saturated heterocycles. The van der Waals surface area contributed by atoms with Crippen LogP contribution in [0.25, 0.3) is 22.2 Å². The Hall–Kier alpha value is -2.80. The lowest BCUT2D eigenvalue weighted by atomic mass is 10.0. The third-order valence-corrected chi connectivity index (χ3v) is 4.39. The highest BCUT2D eigenvalue weighted by molar-refractivity contribution is 8.00. The first-order valence-corrected chi connectivity index (χ1v) is 7.99. The van der Waals surface area contributed by atoms with Gasteiger partial charge in [0.15, 0.2) is 5.58 Å². The number of rotatable bonds is 6. The summed E-state index contributed by atoms with van der Waals surface area (Å²) in [4.78, 5) is 26.3. The molecule has 6 nitrogen and oxygen atoms in total. The second kappa shape index (κ2) is 6.76. The molecule has 1 heterocycles. The number of carboxylic acid groups (broad SMARTS) is 2. The minimum absolute atomic E-state index is 0.141. The lowest BCUT2D eigenvalue weighted by Crippen LogP contribution is -2.20. The first-order valence-electron chi connectivity index (χ1n) is 7.11. The number of fused-ring (bicyclic) bond motifs is 1. The molecule has 3 aromatic rings. The van der Waals surface area contributed by atoms with Gasteiger partial charge in [0.25, 0.3) is 5.22 Å². The number of hydrogen-bond acceptors (Lipinski definition) is 5. The maximum Gasteiger partial charge on any atom is 0.317 e. The van der Waals surface area contributed by atoms with Gasteiger partial charge in [-0.2, -0.15) is 0 Å². The molecule has 3 rings (SSSR count). The van der Waals surface area contributed by atoms with Crippen LogP contribution in [0.3, 0.4) is 0 Å². The van der Waals surface area contributed by atoms with Crippen LogP contribution in [-0.2, 0) is 9.59 Å². The van der Waals surface area contributed by atoms with Gasteiger partial charge in [0.2, 0.25) is 0 Å². The Morgan fingerprint density at radius 1 is 1.08 bits per heavy atom. The van der Waals surface area contributed by atoms with E-state index in [0.29, 0.717) is 11.1 Å². The number of para-hydroxylation sites is 1. The van der Waals surface area contributed by atoms with Crippen molar-refractivity contribution in [2.24, 2.45) is 0 Å². The minimum atomic E-state index is -1.21. The van der Waals surface area contributed by atoms with E-state index in [1.165, 1.54) is 0 Å². The van der Waals surface area contributed by atoms with Crippen molar-refractivity contribution < 1.29 is 24.2 Å². The Morgan fingerprint density at radius 3 is 2.50 bits per heavy atom. The third kappa shape index (κ3) is 3.41. The number of aliphatic carboxylic acids is 2.